The first-order valence-corrected chi connectivity index (χ1v) is 6.93. The summed E-state index contributed by atoms with van der Waals surface area (Å²) in [7, 11) is 0. The zero-order valence-corrected chi connectivity index (χ0v) is 11.9. The molecule has 2 atom stereocenters. The van der Waals surface area contributed by atoms with Crippen LogP contribution in [0.3, 0.4) is 0 Å². The molecule has 0 spiro atoms. The SMILES string of the molecule is Oc1ccc2c(c1)C(O)CC(c1ccc(Cl)cc1Cl)O2. The van der Waals surface area contributed by atoms with E-state index in [2.05, 4.69) is 0 Å². The molecule has 5 heteroatoms. The highest BCUT2D eigenvalue weighted by Crippen LogP contribution is 2.43. The zero-order chi connectivity index (χ0) is 14.3. The summed E-state index contributed by atoms with van der Waals surface area (Å²) in [6.07, 6.45) is -0.674. The summed E-state index contributed by atoms with van der Waals surface area (Å²) in [6.45, 7) is 0. The molecule has 1 heterocycles. The van der Waals surface area contributed by atoms with E-state index in [0.29, 0.717) is 27.8 Å². The third-order valence-corrected chi connectivity index (χ3v) is 3.93. The first-order valence-electron chi connectivity index (χ1n) is 6.17. The first kappa shape index (κ1) is 13.6. The number of aliphatic hydroxyl groups excluding tert-OH is 1. The van der Waals surface area contributed by atoms with Gasteiger partial charge in [-0.15, -0.1) is 0 Å². The van der Waals surface area contributed by atoms with Crippen LogP contribution in [0.5, 0.6) is 11.5 Å². The largest absolute Gasteiger partial charge is 0.508 e. The van der Waals surface area contributed by atoms with Gasteiger partial charge in [0.25, 0.3) is 0 Å². The number of benzene rings is 2. The Balaban J connectivity index is 1.97. The highest BCUT2D eigenvalue weighted by atomic mass is 35.5. The van der Waals surface area contributed by atoms with E-state index < -0.39 is 6.10 Å². The van der Waals surface area contributed by atoms with Gasteiger partial charge in [-0.2, -0.15) is 0 Å². The number of hydrogen-bond donors (Lipinski definition) is 2. The van der Waals surface area contributed by atoms with Crippen LogP contribution in [0.15, 0.2) is 36.4 Å². The molecule has 0 radical (unpaired) electrons. The number of rotatable bonds is 1. The lowest BCUT2D eigenvalue weighted by Gasteiger charge is -2.30. The Morgan fingerprint density at radius 2 is 1.85 bits per heavy atom. The molecule has 0 saturated carbocycles. The third kappa shape index (κ3) is 2.44. The average molecular weight is 311 g/mol. The summed E-state index contributed by atoms with van der Waals surface area (Å²) in [5, 5.41) is 20.7. The van der Waals surface area contributed by atoms with Crippen LogP contribution in [0.2, 0.25) is 10.0 Å². The minimum absolute atomic E-state index is 0.106. The van der Waals surface area contributed by atoms with Crippen LogP contribution >= 0.6 is 23.2 Å². The maximum absolute atomic E-state index is 10.2. The molecule has 0 amide bonds. The van der Waals surface area contributed by atoms with Gasteiger partial charge in [-0.3, -0.25) is 0 Å². The fourth-order valence-corrected chi connectivity index (χ4v) is 2.92. The molecule has 3 rings (SSSR count). The Hall–Kier alpha value is -1.42. The number of ether oxygens (including phenoxy) is 1. The normalized spacial score (nSPS) is 21.1. The van der Waals surface area contributed by atoms with Gasteiger partial charge in [-0.05, 0) is 30.3 Å². The summed E-state index contributed by atoms with van der Waals surface area (Å²) in [5.74, 6) is 0.659. The van der Waals surface area contributed by atoms with Gasteiger partial charge in [0.15, 0.2) is 0 Å². The first-order chi connectivity index (χ1) is 9.54. The Bertz CT molecular complexity index is 658. The fraction of sp³-hybridized carbons (Fsp3) is 0.200. The van der Waals surface area contributed by atoms with Gasteiger partial charge in [0.05, 0.1) is 6.10 Å². The molecule has 1 aliphatic rings. The number of halogens is 2. The van der Waals surface area contributed by atoms with Crippen LogP contribution in [0.1, 0.15) is 29.8 Å². The number of phenols is 1. The molecular formula is C15H12Cl2O3. The van der Waals surface area contributed by atoms with Crippen molar-refractivity contribution in [2.24, 2.45) is 0 Å². The number of hydrogen-bond acceptors (Lipinski definition) is 3. The van der Waals surface area contributed by atoms with Gasteiger partial charge in [0, 0.05) is 27.6 Å². The van der Waals surface area contributed by atoms with E-state index in [0.717, 1.165) is 5.56 Å². The smallest absolute Gasteiger partial charge is 0.128 e. The van der Waals surface area contributed by atoms with Crippen molar-refractivity contribution in [1.29, 1.82) is 0 Å². The second-order valence-corrected chi connectivity index (χ2v) is 5.59. The van der Waals surface area contributed by atoms with Crippen LogP contribution in [-0.4, -0.2) is 10.2 Å². The van der Waals surface area contributed by atoms with Crippen molar-refractivity contribution in [1.82, 2.24) is 0 Å². The van der Waals surface area contributed by atoms with Crippen molar-refractivity contribution in [2.45, 2.75) is 18.6 Å². The lowest BCUT2D eigenvalue weighted by atomic mass is 9.95. The van der Waals surface area contributed by atoms with E-state index in [1.54, 1.807) is 24.3 Å². The van der Waals surface area contributed by atoms with E-state index in [1.165, 1.54) is 12.1 Å². The fourth-order valence-electron chi connectivity index (χ4n) is 2.39. The maximum Gasteiger partial charge on any atom is 0.128 e. The molecule has 0 aliphatic carbocycles. The van der Waals surface area contributed by atoms with E-state index in [-0.39, 0.29) is 11.9 Å². The number of fused-ring (bicyclic) bond motifs is 1. The molecule has 2 aromatic carbocycles. The zero-order valence-electron chi connectivity index (χ0n) is 10.4. The molecule has 3 nitrogen and oxygen atoms in total. The summed E-state index contributed by atoms with van der Waals surface area (Å²) in [6, 6.07) is 9.87. The molecular weight excluding hydrogens is 299 g/mol. The van der Waals surface area contributed by atoms with Gasteiger partial charge in [0.1, 0.15) is 17.6 Å². The van der Waals surface area contributed by atoms with Crippen LogP contribution in [0.25, 0.3) is 0 Å². The predicted molar refractivity (Wildman–Crippen MR) is 77.5 cm³/mol. The Labute approximate surface area is 126 Å². The van der Waals surface area contributed by atoms with Crippen molar-refractivity contribution in [3.05, 3.63) is 57.6 Å². The van der Waals surface area contributed by atoms with Crippen LogP contribution in [-0.2, 0) is 0 Å². The molecule has 0 fully saturated rings. The van der Waals surface area contributed by atoms with E-state index in [9.17, 15) is 10.2 Å². The molecule has 0 saturated heterocycles. The second-order valence-electron chi connectivity index (χ2n) is 4.75. The minimum atomic E-state index is -0.706. The van der Waals surface area contributed by atoms with Crippen LogP contribution in [0, 0.1) is 0 Å². The number of aliphatic hydroxyl groups is 1. The predicted octanol–water partition coefficient (Wildman–Crippen LogP) is 4.26. The molecule has 104 valence electrons. The van der Waals surface area contributed by atoms with Crippen LogP contribution in [0.4, 0.5) is 0 Å². The summed E-state index contributed by atoms with van der Waals surface area (Å²) in [4.78, 5) is 0. The second kappa shape index (κ2) is 5.17. The van der Waals surface area contributed by atoms with Crippen LogP contribution < -0.4 is 4.74 Å². The lowest BCUT2D eigenvalue weighted by Crippen LogP contribution is -2.19. The number of phenolic OH excluding ortho intramolecular Hbond substituents is 1. The maximum atomic E-state index is 10.2. The topological polar surface area (TPSA) is 49.7 Å². The molecule has 0 aromatic heterocycles. The van der Waals surface area contributed by atoms with Crippen molar-refractivity contribution < 1.29 is 14.9 Å². The standard InChI is InChI=1S/C15H12Cl2O3/c16-8-1-3-10(12(17)5-8)15-7-13(19)11-6-9(18)2-4-14(11)20-15/h1-6,13,15,18-19H,7H2. The van der Waals surface area contributed by atoms with Crippen molar-refractivity contribution in [3.8, 4) is 11.5 Å². The van der Waals surface area contributed by atoms with Crippen molar-refractivity contribution >= 4 is 23.2 Å². The minimum Gasteiger partial charge on any atom is -0.508 e. The monoisotopic (exact) mass is 310 g/mol. The van der Waals surface area contributed by atoms with Gasteiger partial charge in [0.2, 0.25) is 0 Å². The number of aromatic hydroxyl groups is 1. The Kier molecular flexibility index (Phi) is 3.50. The molecule has 2 aromatic rings. The van der Waals surface area contributed by atoms with Crippen molar-refractivity contribution in [2.75, 3.05) is 0 Å². The van der Waals surface area contributed by atoms with Gasteiger partial charge < -0.3 is 14.9 Å². The quantitative estimate of drug-likeness (QED) is 0.827. The summed E-state index contributed by atoms with van der Waals surface area (Å²) in [5.41, 5.74) is 1.38. The average Bonchev–Trinajstić information content (AvgIpc) is 2.39. The third-order valence-electron chi connectivity index (χ3n) is 3.37. The molecule has 2 unspecified atom stereocenters. The molecule has 1 aliphatic heterocycles. The molecule has 0 bridgehead atoms. The lowest BCUT2D eigenvalue weighted by molar-refractivity contribution is 0.0655. The van der Waals surface area contributed by atoms with Gasteiger partial charge in [-0.1, -0.05) is 29.3 Å². The Morgan fingerprint density at radius 3 is 2.60 bits per heavy atom. The highest BCUT2D eigenvalue weighted by molar-refractivity contribution is 6.35. The summed E-state index contributed by atoms with van der Waals surface area (Å²) < 4.78 is 5.87. The van der Waals surface area contributed by atoms with Gasteiger partial charge in [-0.25, -0.2) is 0 Å². The van der Waals surface area contributed by atoms with Gasteiger partial charge >= 0.3 is 0 Å². The van der Waals surface area contributed by atoms with E-state index in [1.807, 2.05) is 0 Å². The molecule has 2 N–H and O–H groups in total. The van der Waals surface area contributed by atoms with Crippen molar-refractivity contribution in [3.63, 3.8) is 0 Å². The summed E-state index contributed by atoms with van der Waals surface area (Å²) >= 11 is 12.1. The van der Waals surface area contributed by atoms with E-state index in [4.69, 9.17) is 27.9 Å². The van der Waals surface area contributed by atoms with E-state index >= 15 is 0 Å². The Morgan fingerprint density at radius 1 is 1.05 bits per heavy atom. The highest BCUT2D eigenvalue weighted by Gasteiger charge is 2.29. The molecule has 20 heavy (non-hydrogen) atoms.